The number of aliphatic imine (C=N–C) groups is 1. The molecule has 0 bridgehead atoms. The van der Waals surface area contributed by atoms with Crippen LogP contribution in [-0.4, -0.2) is 40.6 Å². The van der Waals surface area contributed by atoms with E-state index >= 15 is 0 Å². The van der Waals surface area contributed by atoms with Crippen LogP contribution in [0.1, 0.15) is 53.7 Å². The largest absolute Gasteiger partial charge is 0.489 e. The summed E-state index contributed by atoms with van der Waals surface area (Å²) in [6.45, 7) is 5.99. The van der Waals surface area contributed by atoms with E-state index in [0.717, 1.165) is 22.3 Å². The average molecular weight is 573 g/mol. The van der Waals surface area contributed by atoms with Gasteiger partial charge in [0.25, 0.3) is 0 Å². The summed E-state index contributed by atoms with van der Waals surface area (Å²) in [5.74, 6) is -0.227. The summed E-state index contributed by atoms with van der Waals surface area (Å²) in [4.78, 5) is 15.8. The van der Waals surface area contributed by atoms with Gasteiger partial charge >= 0.3 is 5.97 Å². The van der Waals surface area contributed by atoms with Gasteiger partial charge in [-0.3, -0.25) is 4.99 Å². The van der Waals surface area contributed by atoms with E-state index in [9.17, 15) is 9.90 Å². The van der Waals surface area contributed by atoms with Crippen LogP contribution >= 0.6 is 34.8 Å². The molecule has 1 aliphatic rings. The third-order valence-electron chi connectivity index (χ3n) is 6.64. The number of carboxylic acid groups (broad SMARTS) is 1. The minimum Gasteiger partial charge on any atom is -0.489 e. The molecule has 0 aromatic heterocycles. The molecule has 0 radical (unpaired) electrons. The molecule has 5 nitrogen and oxygen atoms in total. The zero-order valence-corrected chi connectivity index (χ0v) is 23.5. The molecule has 38 heavy (non-hydrogen) atoms. The first-order valence-corrected chi connectivity index (χ1v) is 13.3. The molecule has 198 valence electrons. The number of aromatic carboxylic acids is 1. The molecule has 1 atom stereocenters. The molecule has 0 fully saturated rings. The van der Waals surface area contributed by atoms with Gasteiger partial charge in [-0.1, -0.05) is 66.0 Å². The maximum atomic E-state index is 11.1. The van der Waals surface area contributed by atoms with Crippen molar-refractivity contribution in [2.24, 2.45) is 4.99 Å². The number of carboxylic acids is 1. The van der Waals surface area contributed by atoms with Crippen LogP contribution in [0.25, 0.3) is 0 Å². The topological polar surface area (TPSA) is 79.1 Å². The van der Waals surface area contributed by atoms with Gasteiger partial charge in [-0.15, -0.1) is 0 Å². The molecule has 3 aromatic carbocycles. The number of halogens is 3. The van der Waals surface area contributed by atoms with Gasteiger partial charge < -0.3 is 14.9 Å². The van der Waals surface area contributed by atoms with Gasteiger partial charge in [-0.2, -0.15) is 0 Å². The Morgan fingerprint density at radius 1 is 1.03 bits per heavy atom. The second-order valence-corrected chi connectivity index (χ2v) is 11.1. The van der Waals surface area contributed by atoms with Crippen molar-refractivity contribution in [3.05, 3.63) is 109 Å². The third-order valence-corrected chi connectivity index (χ3v) is 7.63. The number of ether oxygens (including phenoxy) is 1. The van der Waals surface area contributed by atoms with E-state index in [0.29, 0.717) is 45.1 Å². The molecule has 0 aliphatic carbocycles. The lowest BCUT2D eigenvalue weighted by Gasteiger charge is -2.22. The van der Waals surface area contributed by atoms with Gasteiger partial charge in [0, 0.05) is 16.2 Å². The molecule has 3 aromatic rings. The number of hydrogen-bond acceptors (Lipinski definition) is 4. The Bertz CT molecular complexity index is 1400. The number of rotatable bonds is 9. The first kappa shape index (κ1) is 28.2. The number of benzene rings is 3. The van der Waals surface area contributed by atoms with E-state index in [2.05, 4.69) is 11.9 Å². The smallest absolute Gasteiger partial charge is 0.335 e. The summed E-state index contributed by atoms with van der Waals surface area (Å²) in [6, 6.07) is 17.7. The summed E-state index contributed by atoms with van der Waals surface area (Å²) < 4.78 is 6.13. The van der Waals surface area contributed by atoms with E-state index in [1.54, 1.807) is 50.2 Å². The van der Waals surface area contributed by atoms with Crippen molar-refractivity contribution in [1.82, 2.24) is 0 Å². The van der Waals surface area contributed by atoms with E-state index in [1.165, 1.54) is 0 Å². The quantitative estimate of drug-likeness (QED) is 0.276. The first-order chi connectivity index (χ1) is 18.0. The fourth-order valence-corrected chi connectivity index (χ4v) is 5.33. The lowest BCUT2D eigenvalue weighted by Crippen LogP contribution is -2.26. The highest BCUT2D eigenvalue weighted by atomic mass is 35.5. The second-order valence-electron chi connectivity index (χ2n) is 9.85. The van der Waals surface area contributed by atoms with Crippen molar-refractivity contribution in [3.8, 4) is 5.75 Å². The molecule has 0 saturated heterocycles. The summed E-state index contributed by atoms with van der Waals surface area (Å²) in [6.07, 6.45) is 0.682. The minimum absolute atomic E-state index is 0.138. The van der Waals surface area contributed by atoms with Gasteiger partial charge in [0.1, 0.15) is 12.4 Å². The zero-order chi connectivity index (χ0) is 27.6. The lowest BCUT2D eigenvalue weighted by molar-refractivity contribution is 0.0696. The van der Waals surface area contributed by atoms with Crippen molar-refractivity contribution < 1.29 is 19.7 Å². The molecule has 2 N–H and O–H groups in total. The monoisotopic (exact) mass is 571 g/mol. The van der Waals surface area contributed by atoms with Gasteiger partial charge in [0.15, 0.2) is 0 Å². The molecular formula is C30H28Cl3NO4. The Morgan fingerprint density at radius 2 is 1.68 bits per heavy atom. The van der Waals surface area contributed by atoms with Gasteiger partial charge in [-0.25, -0.2) is 4.79 Å². The second kappa shape index (κ2) is 11.5. The summed E-state index contributed by atoms with van der Waals surface area (Å²) in [5.41, 5.74) is 3.86. The number of carbonyl (C=O) groups is 1. The fraction of sp³-hybridized carbons (Fsp3) is 0.267. The Kier molecular flexibility index (Phi) is 8.53. The molecule has 0 spiro atoms. The van der Waals surface area contributed by atoms with Crippen LogP contribution in [0, 0.1) is 0 Å². The van der Waals surface area contributed by atoms with E-state index in [4.69, 9.17) is 44.6 Å². The van der Waals surface area contributed by atoms with Crippen molar-refractivity contribution in [2.45, 2.75) is 38.7 Å². The predicted octanol–water partition coefficient (Wildman–Crippen LogP) is 7.64. The van der Waals surface area contributed by atoms with Crippen LogP contribution in [-0.2, 0) is 6.42 Å². The molecule has 8 heteroatoms. The summed E-state index contributed by atoms with van der Waals surface area (Å²) in [7, 11) is 0. The molecule has 1 unspecified atom stereocenters. The average Bonchev–Trinajstić information content (AvgIpc) is 3.28. The van der Waals surface area contributed by atoms with E-state index in [-0.39, 0.29) is 18.1 Å². The van der Waals surface area contributed by atoms with Crippen molar-refractivity contribution in [3.63, 3.8) is 0 Å². The maximum Gasteiger partial charge on any atom is 0.335 e. The Morgan fingerprint density at radius 3 is 2.26 bits per heavy atom. The van der Waals surface area contributed by atoms with Gasteiger partial charge in [0.2, 0.25) is 0 Å². The van der Waals surface area contributed by atoms with Crippen LogP contribution in [0.5, 0.6) is 5.75 Å². The van der Waals surface area contributed by atoms with Crippen LogP contribution in [0.4, 0.5) is 0 Å². The van der Waals surface area contributed by atoms with Gasteiger partial charge in [-0.05, 0) is 79.3 Å². The van der Waals surface area contributed by atoms with E-state index in [1.807, 2.05) is 24.3 Å². The molecule has 4 rings (SSSR count). The highest BCUT2D eigenvalue weighted by Gasteiger charge is 2.32. The summed E-state index contributed by atoms with van der Waals surface area (Å²) >= 11 is 19.6. The SMILES string of the molecule is CC(Cc1ccc(OCC2=C(C(C)(C)O)CN=C2c2c(Cl)cccc2Cl)cc1Cl)c1ccc(C(=O)O)cc1. The number of nitrogens with zero attached hydrogens (tertiary/aromatic N) is 1. The molecule has 1 heterocycles. The van der Waals surface area contributed by atoms with Crippen LogP contribution < -0.4 is 4.74 Å². The van der Waals surface area contributed by atoms with Crippen LogP contribution in [0.3, 0.4) is 0 Å². The Labute approximate surface area is 237 Å². The highest BCUT2D eigenvalue weighted by Crippen LogP contribution is 2.35. The number of aliphatic hydroxyl groups is 1. The van der Waals surface area contributed by atoms with Crippen molar-refractivity contribution in [1.29, 1.82) is 0 Å². The molecule has 1 aliphatic heterocycles. The van der Waals surface area contributed by atoms with Gasteiger partial charge in [0.05, 0.1) is 33.5 Å². The normalized spacial score (nSPS) is 14.4. The van der Waals surface area contributed by atoms with Crippen molar-refractivity contribution >= 4 is 46.5 Å². The molecule has 0 amide bonds. The number of hydrogen-bond donors (Lipinski definition) is 2. The maximum absolute atomic E-state index is 11.1. The minimum atomic E-state index is -1.10. The Hall–Kier alpha value is -2.83. The zero-order valence-electron chi connectivity index (χ0n) is 21.3. The van der Waals surface area contributed by atoms with Crippen LogP contribution in [0.2, 0.25) is 15.1 Å². The van der Waals surface area contributed by atoms with Crippen LogP contribution in [0.15, 0.2) is 76.8 Å². The Balaban J connectivity index is 1.51. The molecule has 0 saturated carbocycles. The third kappa shape index (κ3) is 6.24. The first-order valence-electron chi connectivity index (χ1n) is 12.1. The van der Waals surface area contributed by atoms with Crippen molar-refractivity contribution in [2.75, 3.05) is 13.2 Å². The fourth-order valence-electron chi connectivity index (χ4n) is 4.50. The highest BCUT2D eigenvalue weighted by molar-refractivity contribution is 6.41. The molecular weight excluding hydrogens is 545 g/mol. The lowest BCUT2D eigenvalue weighted by atomic mass is 9.91. The standard InChI is InChI=1S/C30H28Cl3NO4/c1-17(18-7-9-19(10-8-18)29(35)36)13-20-11-12-21(14-26(20)33)38-16-22-23(30(2,3)37)15-34-28(22)27-24(31)5-4-6-25(27)32/h4-12,14,17,37H,13,15-16H2,1-3H3,(H,35,36). The summed E-state index contributed by atoms with van der Waals surface area (Å²) in [5, 5.41) is 21.4. The predicted molar refractivity (Wildman–Crippen MR) is 154 cm³/mol. The van der Waals surface area contributed by atoms with E-state index < -0.39 is 11.6 Å².